The third-order valence-electron chi connectivity index (χ3n) is 5.42. The van der Waals surface area contributed by atoms with Crippen molar-refractivity contribution >= 4 is 0 Å². The van der Waals surface area contributed by atoms with Crippen LogP contribution in [-0.4, -0.2) is 35.6 Å². The number of aromatic nitrogens is 1. The maximum absolute atomic E-state index is 6.02. The Kier molecular flexibility index (Phi) is 3.82. The summed E-state index contributed by atoms with van der Waals surface area (Å²) in [4.78, 5) is 6.76. The van der Waals surface area contributed by atoms with E-state index in [9.17, 15) is 0 Å². The molecule has 3 heteroatoms. The second-order valence-corrected chi connectivity index (χ2v) is 7.12. The summed E-state index contributed by atoms with van der Waals surface area (Å²) in [6.45, 7) is 7.97. The number of piperidine rings is 1. The van der Waals surface area contributed by atoms with E-state index in [0.29, 0.717) is 6.04 Å². The van der Waals surface area contributed by atoms with Crippen molar-refractivity contribution < 1.29 is 4.74 Å². The van der Waals surface area contributed by atoms with E-state index in [1.54, 1.807) is 6.20 Å². The van der Waals surface area contributed by atoms with E-state index in [2.05, 4.69) is 54.1 Å². The number of ether oxygens (including phenoxy) is 1. The Morgan fingerprint density at radius 3 is 2.43 bits per heavy atom. The first-order valence-corrected chi connectivity index (χ1v) is 8.59. The SMILES string of the molecule is CC(C)N1C[C@@H]2C(COc3ccc(-c4cccnc4)cc3)[C@@H]2C1. The molecule has 0 amide bonds. The topological polar surface area (TPSA) is 25.4 Å². The second kappa shape index (κ2) is 5.97. The standard InChI is InChI=1S/C20H24N2O/c1-14(2)22-11-18-19(12-22)20(18)13-23-17-7-5-15(6-8-17)16-4-3-9-21-10-16/h3-10,14,18-20H,11-13H2,1-2H3/t18-,19+,20?. The van der Waals surface area contributed by atoms with Crippen LogP contribution in [0, 0.1) is 17.8 Å². The van der Waals surface area contributed by atoms with Gasteiger partial charge >= 0.3 is 0 Å². The quantitative estimate of drug-likeness (QED) is 0.842. The zero-order valence-corrected chi connectivity index (χ0v) is 13.9. The molecule has 120 valence electrons. The van der Waals surface area contributed by atoms with Gasteiger partial charge in [-0.05, 0) is 55.0 Å². The van der Waals surface area contributed by atoms with Crippen LogP contribution in [0.1, 0.15) is 13.8 Å². The van der Waals surface area contributed by atoms with Crippen LogP contribution in [0.2, 0.25) is 0 Å². The minimum absolute atomic E-state index is 0.685. The lowest BCUT2D eigenvalue weighted by molar-refractivity contribution is 0.206. The minimum Gasteiger partial charge on any atom is -0.493 e. The molecule has 4 rings (SSSR count). The molecule has 2 fully saturated rings. The number of benzene rings is 1. The summed E-state index contributed by atoms with van der Waals surface area (Å²) in [5.74, 6) is 3.48. The summed E-state index contributed by atoms with van der Waals surface area (Å²) in [5, 5.41) is 0. The average Bonchev–Trinajstić information content (AvgIpc) is 3.03. The van der Waals surface area contributed by atoms with E-state index in [1.807, 2.05) is 12.3 Å². The summed E-state index contributed by atoms with van der Waals surface area (Å²) >= 11 is 0. The molecule has 0 radical (unpaired) electrons. The number of rotatable bonds is 5. The smallest absolute Gasteiger partial charge is 0.119 e. The van der Waals surface area contributed by atoms with Gasteiger partial charge in [-0.2, -0.15) is 0 Å². The molecule has 2 aliphatic rings. The van der Waals surface area contributed by atoms with Crippen molar-refractivity contribution in [3.63, 3.8) is 0 Å². The highest BCUT2D eigenvalue weighted by Crippen LogP contribution is 2.52. The molecule has 0 bridgehead atoms. The normalized spacial score (nSPS) is 26.3. The monoisotopic (exact) mass is 308 g/mol. The summed E-state index contributed by atoms with van der Waals surface area (Å²) in [6, 6.07) is 13.1. The Balaban J connectivity index is 1.30. The summed E-state index contributed by atoms with van der Waals surface area (Å²) < 4.78 is 6.02. The van der Waals surface area contributed by atoms with E-state index >= 15 is 0 Å². The first-order chi connectivity index (χ1) is 11.2. The van der Waals surface area contributed by atoms with Crippen LogP contribution in [0.15, 0.2) is 48.8 Å². The van der Waals surface area contributed by atoms with Crippen molar-refractivity contribution in [2.45, 2.75) is 19.9 Å². The molecule has 1 saturated carbocycles. The molecule has 1 aliphatic heterocycles. The number of hydrogen-bond acceptors (Lipinski definition) is 3. The van der Waals surface area contributed by atoms with Crippen molar-refractivity contribution in [1.82, 2.24) is 9.88 Å². The maximum atomic E-state index is 6.02. The van der Waals surface area contributed by atoms with E-state index in [1.165, 1.54) is 18.7 Å². The highest BCUT2D eigenvalue weighted by molar-refractivity contribution is 5.62. The van der Waals surface area contributed by atoms with Crippen LogP contribution in [0.4, 0.5) is 0 Å². The lowest BCUT2D eigenvalue weighted by atomic mass is 10.1. The van der Waals surface area contributed by atoms with Crippen molar-refractivity contribution in [2.75, 3.05) is 19.7 Å². The maximum Gasteiger partial charge on any atom is 0.119 e. The molecule has 1 unspecified atom stereocenters. The lowest BCUT2D eigenvalue weighted by Gasteiger charge is -2.23. The molecule has 0 spiro atoms. The van der Waals surface area contributed by atoms with Crippen LogP contribution in [0.5, 0.6) is 5.75 Å². The number of hydrogen-bond donors (Lipinski definition) is 0. The fourth-order valence-corrected chi connectivity index (χ4v) is 3.82. The largest absolute Gasteiger partial charge is 0.493 e. The predicted octanol–water partition coefficient (Wildman–Crippen LogP) is 3.71. The van der Waals surface area contributed by atoms with Crippen molar-refractivity contribution in [1.29, 1.82) is 0 Å². The molecular weight excluding hydrogens is 284 g/mol. The summed E-state index contributed by atoms with van der Waals surface area (Å²) in [7, 11) is 0. The van der Waals surface area contributed by atoms with E-state index < -0.39 is 0 Å². The molecule has 3 nitrogen and oxygen atoms in total. The summed E-state index contributed by atoms with van der Waals surface area (Å²) in [6.07, 6.45) is 3.69. The van der Waals surface area contributed by atoms with E-state index in [-0.39, 0.29) is 0 Å². The first-order valence-electron chi connectivity index (χ1n) is 8.59. The average molecular weight is 308 g/mol. The number of nitrogens with zero attached hydrogens (tertiary/aromatic N) is 2. The van der Waals surface area contributed by atoms with Crippen LogP contribution in [0.3, 0.4) is 0 Å². The molecule has 23 heavy (non-hydrogen) atoms. The Hall–Kier alpha value is -1.87. The molecule has 1 saturated heterocycles. The van der Waals surface area contributed by atoms with Gasteiger partial charge in [0.15, 0.2) is 0 Å². The third-order valence-corrected chi connectivity index (χ3v) is 5.42. The van der Waals surface area contributed by atoms with Crippen LogP contribution < -0.4 is 4.74 Å². The van der Waals surface area contributed by atoms with Gasteiger partial charge in [0.25, 0.3) is 0 Å². The number of pyridine rings is 1. The highest BCUT2D eigenvalue weighted by atomic mass is 16.5. The van der Waals surface area contributed by atoms with Crippen molar-refractivity contribution in [3.8, 4) is 16.9 Å². The molecule has 1 aliphatic carbocycles. The van der Waals surface area contributed by atoms with Crippen LogP contribution >= 0.6 is 0 Å². The molecule has 0 N–H and O–H groups in total. The van der Waals surface area contributed by atoms with Gasteiger partial charge in [-0.15, -0.1) is 0 Å². The molecule has 3 atom stereocenters. The summed E-state index contributed by atoms with van der Waals surface area (Å²) in [5.41, 5.74) is 2.32. The zero-order valence-electron chi connectivity index (χ0n) is 13.9. The Bertz CT molecular complexity index is 641. The van der Waals surface area contributed by atoms with Crippen LogP contribution in [0.25, 0.3) is 11.1 Å². The molecule has 2 heterocycles. The van der Waals surface area contributed by atoms with E-state index in [0.717, 1.165) is 35.7 Å². The van der Waals surface area contributed by atoms with Gasteiger partial charge < -0.3 is 9.64 Å². The predicted molar refractivity (Wildman–Crippen MR) is 92.3 cm³/mol. The van der Waals surface area contributed by atoms with Crippen molar-refractivity contribution in [2.24, 2.45) is 17.8 Å². The first kappa shape index (κ1) is 14.7. The fraction of sp³-hybridized carbons (Fsp3) is 0.450. The highest BCUT2D eigenvalue weighted by Gasteiger charge is 2.56. The molecule has 1 aromatic heterocycles. The Labute approximate surface area is 138 Å². The minimum atomic E-state index is 0.685. The molecular formula is C20H24N2O. The van der Waals surface area contributed by atoms with Gasteiger partial charge in [-0.1, -0.05) is 18.2 Å². The van der Waals surface area contributed by atoms with Gasteiger partial charge in [0.1, 0.15) is 5.75 Å². The van der Waals surface area contributed by atoms with Gasteiger partial charge in [0.05, 0.1) is 6.61 Å². The van der Waals surface area contributed by atoms with Crippen LogP contribution in [-0.2, 0) is 0 Å². The van der Waals surface area contributed by atoms with Crippen molar-refractivity contribution in [3.05, 3.63) is 48.8 Å². The number of likely N-dealkylation sites (tertiary alicyclic amines) is 1. The van der Waals surface area contributed by atoms with Gasteiger partial charge in [-0.3, -0.25) is 4.98 Å². The second-order valence-electron chi connectivity index (χ2n) is 7.12. The number of fused-ring (bicyclic) bond motifs is 1. The zero-order chi connectivity index (χ0) is 15.8. The molecule has 2 aromatic rings. The Morgan fingerprint density at radius 1 is 1.09 bits per heavy atom. The lowest BCUT2D eigenvalue weighted by Crippen LogP contribution is -2.31. The van der Waals surface area contributed by atoms with E-state index in [4.69, 9.17) is 4.74 Å². The van der Waals surface area contributed by atoms with Gasteiger partial charge in [0.2, 0.25) is 0 Å². The fourth-order valence-electron chi connectivity index (χ4n) is 3.82. The van der Waals surface area contributed by atoms with Gasteiger partial charge in [0, 0.05) is 37.4 Å². The van der Waals surface area contributed by atoms with Gasteiger partial charge in [-0.25, -0.2) is 0 Å². The molecule has 1 aromatic carbocycles. The third kappa shape index (κ3) is 2.98. The Morgan fingerprint density at radius 2 is 1.83 bits per heavy atom.